The topological polar surface area (TPSA) is 85.3 Å². The normalized spacial score (nSPS) is 11.1. The van der Waals surface area contributed by atoms with Crippen LogP contribution < -0.4 is 10.9 Å². The van der Waals surface area contributed by atoms with Crippen LogP contribution >= 0.6 is 23.1 Å². The molecule has 0 aliphatic carbocycles. The summed E-state index contributed by atoms with van der Waals surface area (Å²) in [5.41, 5.74) is 2.32. The average molecular weight is 385 g/mol. The number of fused-ring (bicyclic) bond motifs is 1. The Bertz CT molecular complexity index is 1090. The standard InChI is InChI=1S/C17H15N5O2S2/c1-11-4-5-14-19-12(7-15(23)22(14)9-11)10-25-17-21-20-16(26-17)18-8-13-3-2-6-24-13/h2-7,9H,8,10H2,1H3,(H,18,20). The van der Waals surface area contributed by atoms with Crippen LogP contribution in [0.1, 0.15) is 17.0 Å². The fourth-order valence-corrected chi connectivity index (χ4v) is 4.02. The first-order valence-corrected chi connectivity index (χ1v) is 9.69. The number of thioether (sulfide) groups is 1. The highest BCUT2D eigenvalue weighted by atomic mass is 32.2. The van der Waals surface area contributed by atoms with Gasteiger partial charge in [-0.1, -0.05) is 29.2 Å². The Morgan fingerprint density at radius 3 is 3.08 bits per heavy atom. The Labute approximate surface area is 157 Å². The van der Waals surface area contributed by atoms with Crippen molar-refractivity contribution in [3.05, 3.63) is 70.2 Å². The highest BCUT2D eigenvalue weighted by Gasteiger charge is 2.08. The van der Waals surface area contributed by atoms with Crippen LogP contribution in [-0.2, 0) is 12.3 Å². The van der Waals surface area contributed by atoms with Gasteiger partial charge >= 0.3 is 0 Å². The molecular weight excluding hydrogens is 370 g/mol. The molecule has 9 heteroatoms. The van der Waals surface area contributed by atoms with E-state index in [2.05, 4.69) is 20.5 Å². The number of nitrogens with one attached hydrogen (secondary N) is 1. The predicted octanol–water partition coefficient (Wildman–Crippen LogP) is 3.35. The van der Waals surface area contributed by atoms with Gasteiger partial charge in [0.2, 0.25) is 5.13 Å². The Hall–Kier alpha value is -2.65. The van der Waals surface area contributed by atoms with Crippen LogP contribution in [0.15, 0.2) is 56.3 Å². The molecule has 132 valence electrons. The van der Waals surface area contributed by atoms with Crippen molar-refractivity contribution in [2.45, 2.75) is 23.6 Å². The van der Waals surface area contributed by atoms with Gasteiger partial charge in [0.25, 0.3) is 5.56 Å². The molecular formula is C17H15N5O2S2. The molecule has 0 radical (unpaired) electrons. The number of pyridine rings is 1. The average Bonchev–Trinajstić information content (AvgIpc) is 3.30. The summed E-state index contributed by atoms with van der Waals surface area (Å²) in [6.07, 6.45) is 3.43. The van der Waals surface area contributed by atoms with Gasteiger partial charge in [-0.15, -0.1) is 10.2 Å². The Kier molecular flexibility index (Phi) is 4.72. The van der Waals surface area contributed by atoms with Gasteiger partial charge < -0.3 is 9.73 Å². The smallest absolute Gasteiger partial charge is 0.258 e. The van der Waals surface area contributed by atoms with Crippen LogP contribution in [0.2, 0.25) is 0 Å². The molecule has 0 aliphatic heterocycles. The number of hydrogen-bond acceptors (Lipinski definition) is 8. The summed E-state index contributed by atoms with van der Waals surface area (Å²) in [5.74, 6) is 1.40. The van der Waals surface area contributed by atoms with Crippen LogP contribution in [-0.4, -0.2) is 19.6 Å². The number of aryl methyl sites for hydroxylation is 1. The molecule has 26 heavy (non-hydrogen) atoms. The van der Waals surface area contributed by atoms with E-state index in [1.165, 1.54) is 23.1 Å². The maximum absolute atomic E-state index is 12.2. The van der Waals surface area contributed by atoms with Crippen molar-refractivity contribution in [3.63, 3.8) is 0 Å². The van der Waals surface area contributed by atoms with Gasteiger partial charge in [0, 0.05) is 18.0 Å². The Morgan fingerprint density at radius 2 is 2.23 bits per heavy atom. The van der Waals surface area contributed by atoms with Crippen LogP contribution in [0.3, 0.4) is 0 Å². The van der Waals surface area contributed by atoms with Gasteiger partial charge in [0.15, 0.2) is 4.34 Å². The number of hydrogen-bond donors (Lipinski definition) is 1. The van der Waals surface area contributed by atoms with Crippen molar-refractivity contribution in [1.82, 2.24) is 19.6 Å². The van der Waals surface area contributed by atoms with E-state index >= 15 is 0 Å². The maximum Gasteiger partial charge on any atom is 0.258 e. The van der Waals surface area contributed by atoms with Crippen molar-refractivity contribution in [2.75, 3.05) is 5.32 Å². The molecule has 0 spiro atoms. The summed E-state index contributed by atoms with van der Waals surface area (Å²) in [6.45, 7) is 2.51. The van der Waals surface area contributed by atoms with Crippen molar-refractivity contribution in [1.29, 1.82) is 0 Å². The molecule has 4 rings (SSSR count). The lowest BCUT2D eigenvalue weighted by atomic mass is 10.3. The minimum absolute atomic E-state index is 0.0765. The van der Waals surface area contributed by atoms with Crippen molar-refractivity contribution in [2.24, 2.45) is 0 Å². The minimum atomic E-state index is -0.0765. The summed E-state index contributed by atoms with van der Waals surface area (Å²) < 4.78 is 7.65. The fraction of sp³-hybridized carbons (Fsp3) is 0.176. The summed E-state index contributed by atoms with van der Waals surface area (Å²) in [6, 6.07) is 9.11. The Balaban J connectivity index is 1.42. The number of rotatable bonds is 6. The van der Waals surface area contributed by atoms with Crippen LogP contribution in [0, 0.1) is 6.92 Å². The highest BCUT2D eigenvalue weighted by Crippen LogP contribution is 2.28. The molecule has 0 saturated carbocycles. The fourth-order valence-electron chi connectivity index (χ4n) is 2.38. The molecule has 0 unspecified atom stereocenters. The predicted molar refractivity (Wildman–Crippen MR) is 102 cm³/mol. The van der Waals surface area contributed by atoms with Gasteiger partial charge in [0.1, 0.15) is 11.4 Å². The SMILES string of the molecule is Cc1ccc2nc(CSc3nnc(NCc4ccco4)s3)cc(=O)n2c1. The molecule has 0 amide bonds. The van der Waals surface area contributed by atoms with Crippen molar-refractivity contribution in [3.8, 4) is 0 Å². The lowest BCUT2D eigenvalue weighted by Crippen LogP contribution is -2.15. The van der Waals surface area contributed by atoms with E-state index in [1.807, 2.05) is 31.2 Å². The highest BCUT2D eigenvalue weighted by molar-refractivity contribution is 8.00. The van der Waals surface area contributed by atoms with E-state index < -0.39 is 0 Å². The Morgan fingerprint density at radius 1 is 1.31 bits per heavy atom. The van der Waals surface area contributed by atoms with Crippen LogP contribution in [0.25, 0.3) is 5.65 Å². The van der Waals surface area contributed by atoms with E-state index in [0.717, 1.165) is 26.5 Å². The van der Waals surface area contributed by atoms with Crippen LogP contribution in [0.4, 0.5) is 5.13 Å². The zero-order valence-electron chi connectivity index (χ0n) is 13.9. The molecule has 7 nitrogen and oxygen atoms in total. The summed E-state index contributed by atoms with van der Waals surface area (Å²) in [5, 5.41) is 12.2. The zero-order valence-corrected chi connectivity index (χ0v) is 15.5. The van der Waals surface area contributed by atoms with Gasteiger partial charge in [-0.05, 0) is 30.7 Å². The third-order valence-corrected chi connectivity index (χ3v) is 5.65. The van der Waals surface area contributed by atoms with Gasteiger partial charge in [-0.3, -0.25) is 9.20 Å². The van der Waals surface area contributed by atoms with Crippen molar-refractivity contribution >= 4 is 33.9 Å². The van der Waals surface area contributed by atoms with Crippen LogP contribution in [0.5, 0.6) is 0 Å². The first-order chi connectivity index (χ1) is 12.7. The lowest BCUT2D eigenvalue weighted by Gasteiger charge is -2.04. The second-order valence-corrected chi connectivity index (χ2v) is 7.82. The quantitative estimate of drug-likeness (QED) is 0.509. The monoisotopic (exact) mass is 385 g/mol. The molecule has 0 bridgehead atoms. The maximum atomic E-state index is 12.2. The first-order valence-electron chi connectivity index (χ1n) is 7.89. The number of anilines is 1. The first kappa shape index (κ1) is 16.8. The lowest BCUT2D eigenvalue weighted by molar-refractivity contribution is 0.518. The molecule has 4 aromatic rings. The van der Waals surface area contributed by atoms with E-state index in [1.54, 1.807) is 22.9 Å². The zero-order chi connectivity index (χ0) is 17.9. The molecule has 0 aliphatic rings. The van der Waals surface area contributed by atoms with E-state index in [-0.39, 0.29) is 5.56 Å². The molecule has 1 N–H and O–H groups in total. The molecule has 0 aromatic carbocycles. The third-order valence-electron chi connectivity index (χ3n) is 3.60. The number of furan rings is 1. The molecule has 4 aromatic heterocycles. The second-order valence-electron chi connectivity index (χ2n) is 5.62. The third kappa shape index (κ3) is 3.78. The summed E-state index contributed by atoms with van der Waals surface area (Å²) in [7, 11) is 0. The summed E-state index contributed by atoms with van der Waals surface area (Å²) in [4.78, 5) is 16.8. The second kappa shape index (κ2) is 7.30. The molecule has 0 atom stereocenters. The van der Waals surface area contributed by atoms with Gasteiger partial charge in [0.05, 0.1) is 18.5 Å². The summed E-state index contributed by atoms with van der Waals surface area (Å²) >= 11 is 2.97. The van der Waals surface area contributed by atoms with Gasteiger partial charge in [-0.2, -0.15) is 0 Å². The number of nitrogens with zero attached hydrogens (tertiary/aromatic N) is 4. The van der Waals surface area contributed by atoms with E-state index in [9.17, 15) is 4.79 Å². The van der Waals surface area contributed by atoms with E-state index in [0.29, 0.717) is 17.9 Å². The molecule has 4 heterocycles. The number of aromatic nitrogens is 4. The minimum Gasteiger partial charge on any atom is -0.467 e. The molecule has 0 fully saturated rings. The van der Waals surface area contributed by atoms with Gasteiger partial charge in [-0.25, -0.2) is 4.98 Å². The van der Waals surface area contributed by atoms with Crippen molar-refractivity contribution < 1.29 is 4.42 Å². The molecule has 0 saturated heterocycles. The van der Waals surface area contributed by atoms with E-state index in [4.69, 9.17) is 4.42 Å². The largest absolute Gasteiger partial charge is 0.467 e.